The molecule has 0 N–H and O–H groups in total. The van der Waals surface area contributed by atoms with Crippen LogP contribution in [0.25, 0.3) is 0 Å². The molecule has 0 saturated carbocycles. The third-order valence-corrected chi connectivity index (χ3v) is 5.24. The first-order valence-electron chi connectivity index (χ1n) is 2.51. The molecule has 0 atom stereocenters. The first-order valence-corrected chi connectivity index (χ1v) is 5.56. The molecule has 10 heavy (non-hydrogen) atoms. The summed E-state index contributed by atoms with van der Waals surface area (Å²) < 4.78 is 1.13. The standard InChI is InChI=1S/C4H4INO2S2/c5-3(6(7)8)4-9-1-2-10-4/h1-2H2. The lowest BCUT2D eigenvalue weighted by atomic mass is 11.0. The Morgan fingerprint density at radius 3 is 2.50 bits per heavy atom. The lowest BCUT2D eigenvalue weighted by molar-refractivity contribution is -0.406. The van der Waals surface area contributed by atoms with Crippen LogP contribution in [0.5, 0.6) is 0 Å². The van der Waals surface area contributed by atoms with Gasteiger partial charge in [0, 0.05) is 34.1 Å². The van der Waals surface area contributed by atoms with Crippen LogP contribution in [-0.2, 0) is 0 Å². The van der Waals surface area contributed by atoms with E-state index in [0.29, 0.717) is 0 Å². The molecule has 0 amide bonds. The van der Waals surface area contributed by atoms with E-state index in [1.807, 2.05) is 0 Å². The molecule has 0 unspecified atom stereocenters. The Kier molecular flexibility index (Phi) is 3.31. The summed E-state index contributed by atoms with van der Waals surface area (Å²) in [7, 11) is 0. The van der Waals surface area contributed by atoms with Gasteiger partial charge in [0.05, 0.1) is 4.92 Å². The van der Waals surface area contributed by atoms with Crippen LogP contribution < -0.4 is 0 Å². The van der Waals surface area contributed by atoms with Crippen molar-refractivity contribution in [3.8, 4) is 0 Å². The Morgan fingerprint density at radius 1 is 1.60 bits per heavy atom. The van der Waals surface area contributed by atoms with Crippen LogP contribution in [0.2, 0.25) is 0 Å². The Hall–Kier alpha value is 0.570. The van der Waals surface area contributed by atoms with Crippen LogP contribution in [0.4, 0.5) is 0 Å². The van der Waals surface area contributed by atoms with Crippen LogP contribution in [0.1, 0.15) is 0 Å². The zero-order valence-corrected chi connectivity index (χ0v) is 8.66. The highest BCUT2D eigenvalue weighted by Gasteiger charge is 2.19. The van der Waals surface area contributed by atoms with E-state index >= 15 is 0 Å². The van der Waals surface area contributed by atoms with Crippen LogP contribution in [0.3, 0.4) is 0 Å². The zero-order chi connectivity index (χ0) is 7.56. The average molecular weight is 289 g/mol. The van der Waals surface area contributed by atoms with Gasteiger partial charge in [0.15, 0.2) is 0 Å². The summed E-state index contributed by atoms with van der Waals surface area (Å²) in [6.45, 7) is 0. The van der Waals surface area contributed by atoms with Crippen molar-refractivity contribution in [3.05, 3.63) is 18.1 Å². The number of hydrogen-bond donors (Lipinski definition) is 0. The van der Waals surface area contributed by atoms with E-state index in [1.54, 1.807) is 46.1 Å². The van der Waals surface area contributed by atoms with Gasteiger partial charge in [-0.05, 0) is 0 Å². The zero-order valence-electron chi connectivity index (χ0n) is 4.87. The molecule has 3 nitrogen and oxygen atoms in total. The molecule has 0 radical (unpaired) electrons. The van der Waals surface area contributed by atoms with E-state index in [-0.39, 0.29) is 8.63 Å². The van der Waals surface area contributed by atoms with Crippen molar-refractivity contribution in [2.75, 3.05) is 11.5 Å². The molecule has 0 aliphatic carbocycles. The summed E-state index contributed by atoms with van der Waals surface area (Å²) in [5, 5.41) is 10.2. The number of rotatable bonds is 1. The molecular weight excluding hydrogens is 285 g/mol. The maximum absolute atomic E-state index is 10.2. The number of halogens is 1. The van der Waals surface area contributed by atoms with Crippen LogP contribution >= 0.6 is 46.1 Å². The topological polar surface area (TPSA) is 43.1 Å². The van der Waals surface area contributed by atoms with Crippen molar-refractivity contribution >= 4 is 46.1 Å². The fraction of sp³-hybridized carbons (Fsp3) is 0.500. The summed E-state index contributed by atoms with van der Waals surface area (Å²) in [6, 6.07) is 0. The molecule has 1 fully saturated rings. The van der Waals surface area contributed by atoms with Gasteiger partial charge in [-0.3, -0.25) is 10.1 Å². The highest BCUT2D eigenvalue weighted by Crippen LogP contribution is 2.40. The van der Waals surface area contributed by atoms with E-state index in [0.717, 1.165) is 15.7 Å². The van der Waals surface area contributed by atoms with Gasteiger partial charge >= 0.3 is 3.70 Å². The molecule has 1 aliphatic rings. The van der Waals surface area contributed by atoms with Crippen LogP contribution in [0, 0.1) is 10.1 Å². The summed E-state index contributed by atoms with van der Waals surface area (Å²) >= 11 is 4.92. The monoisotopic (exact) mass is 289 g/mol. The summed E-state index contributed by atoms with van der Waals surface area (Å²) in [6.07, 6.45) is 0. The molecule has 6 heteroatoms. The van der Waals surface area contributed by atoms with Crippen molar-refractivity contribution in [1.29, 1.82) is 0 Å². The normalized spacial score (nSPS) is 17.5. The third kappa shape index (κ3) is 2.03. The SMILES string of the molecule is O=[N+]([O-])C(I)=C1SCCS1. The molecule has 56 valence electrons. The molecule has 0 aromatic carbocycles. The molecule has 0 aromatic heterocycles. The summed E-state index contributed by atoms with van der Waals surface area (Å²) in [5.74, 6) is 2.00. The van der Waals surface area contributed by atoms with Crippen molar-refractivity contribution in [2.24, 2.45) is 0 Å². The molecule has 0 aromatic rings. The first-order chi connectivity index (χ1) is 4.72. The fourth-order valence-corrected chi connectivity index (χ4v) is 3.70. The van der Waals surface area contributed by atoms with E-state index in [1.165, 1.54) is 0 Å². The lowest BCUT2D eigenvalue weighted by Gasteiger charge is -1.90. The van der Waals surface area contributed by atoms with Gasteiger partial charge < -0.3 is 0 Å². The van der Waals surface area contributed by atoms with Gasteiger partial charge in [-0.2, -0.15) is 0 Å². The second kappa shape index (κ2) is 3.82. The van der Waals surface area contributed by atoms with Crippen molar-refractivity contribution in [1.82, 2.24) is 0 Å². The van der Waals surface area contributed by atoms with Gasteiger partial charge in [-0.1, -0.05) is 0 Å². The number of nitro groups is 1. The molecular formula is C4H4INO2S2. The summed E-state index contributed by atoms with van der Waals surface area (Å²) in [4.78, 5) is 9.87. The highest BCUT2D eigenvalue weighted by molar-refractivity contribution is 14.1. The van der Waals surface area contributed by atoms with E-state index < -0.39 is 0 Å². The van der Waals surface area contributed by atoms with Gasteiger partial charge in [0.25, 0.3) is 0 Å². The van der Waals surface area contributed by atoms with Gasteiger partial charge in [0.2, 0.25) is 0 Å². The Morgan fingerprint density at radius 2 is 2.10 bits per heavy atom. The Labute approximate surface area is 80.3 Å². The third-order valence-electron chi connectivity index (χ3n) is 0.878. The molecule has 1 heterocycles. The second-order valence-corrected chi connectivity index (χ2v) is 5.02. The maximum Gasteiger partial charge on any atom is 0.323 e. The predicted molar refractivity (Wildman–Crippen MR) is 53.0 cm³/mol. The molecule has 0 bridgehead atoms. The van der Waals surface area contributed by atoms with Crippen molar-refractivity contribution in [2.45, 2.75) is 0 Å². The van der Waals surface area contributed by atoms with E-state index in [2.05, 4.69) is 0 Å². The Balaban J connectivity index is 2.73. The van der Waals surface area contributed by atoms with Crippen molar-refractivity contribution in [3.63, 3.8) is 0 Å². The first kappa shape index (κ1) is 8.66. The molecule has 0 spiro atoms. The molecule has 1 rings (SSSR count). The van der Waals surface area contributed by atoms with Crippen LogP contribution in [0.15, 0.2) is 7.94 Å². The van der Waals surface area contributed by atoms with Gasteiger partial charge in [-0.25, -0.2) is 0 Å². The highest BCUT2D eigenvalue weighted by atomic mass is 127. The lowest BCUT2D eigenvalue weighted by Crippen LogP contribution is -1.90. The Bertz CT molecular complexity index is 186. The van der Waals surface area contributed by atoms with Gasteiger partial charge in [-0.15, -0.1) is 23.5 Å². The number of nitrogens with zero attached hydrogens (tertiary/aromatic N) is 1. The average Bonchev–Trinajstić information content (AvgIpc) is 2.36. The summed E-state index contributed by atoms with van der Waals surface area (Å²) in [5.41, 5.74) is 0. The quantitative estimate of drug-likeness (QED) is 0.321. The largest absolute Gasteiger partial charge is 0.323 e. The number of hydrogen-bond acceptors (Lipinski definition) is 4. The van der Waals surface area contributed by atoms with Crippen LogP contribution in [-0.4, -0.2) is 16.4 Å². The minimum atomic E-state index is -0.332. The van der Waals surface area contributed by atoms with Crippen molar-refractivity contribution < 1.29 is 4.92 Å². The van der Waals surface area contributed by atoms with Gasteiger partial charge in [0.1, 0.15) is 4.24 Å². The van der Waals surface area contributed by atoms with E-state index in [9.17, 15) is 10.1 Å². The fourth-order valence-electron chi connectivity index (χ4n) is 0.504. The minimum absolute atomic E-state index is 0.269. The predicted octanol–water partition coefficient (Wildman–Crippen LogP) is 2.30. The minimum Gasteiger partial charge on any atom is -0.258 e. The van der Waals surface area contributed by atoms with E-state index in [4.69, 9.17) is 0 Å². The smallest absolute Gasteiger partial charge is 0.258 e. The molecule has 1 saturated heterocycles. The molecule has 1 aliphatic heterocycles. The second-order valence-electron chi connectivity index (χ2n) is 1.53. The maximum atomic E-state index is 10.2. The number of thioether (sulfide) groups is 2.